The van der Waals surface area contributed by atoms with Crippen molar-refractivity contribution in [2.45, 2.75) is 31.8 Å². The Morgan fingerprint density at radius 3 is 2.45 bits per heavy atom. The van der Waals surface area contributed by atoms with Crippen LogP contribution in [0.3, 0.4) is 0 Å². The first kappa shape index (κ1) is 14.9. The van der Waals surface area contributed by atoms with E-state index >= 15 is 0 Å². The molecule has 0 fully saturated rings. The number of pyridine rings is 1. The molecule has 0 saturated heterocycles. The SMILES string of the molecule is Cc1nc(C(C)Nc2ccc(S(C)(=O)=O)nc2)c(C)s1. The topological polar surface area (TPSA) is 72.0 Å². The number of hydrogen-bond acceptors (Lipinski definition) is 6. The Labute approximate surface area is 123 Å². The van der Waals surface area contributed by atoms with E-state index in [0.717, 1.165) is 22.6 Å². The molecule has 0 aromatic carbocycles. The summed E-state index contributed by atoms with van der Waals surface area (Å²) in [6, 6.07) is 3.27. The molecule has 0 aliphatic carbocycles. The molecule has 0 aliphatic rings. The third kappa shape index (κ3) is 3.34. The van der Waals surface area contributed by atoms with Gasteiger partial charge in [-0.3, -0.25) is 0 Å². The Balaban J connectivity index is 2.16. The van der Waals surface area contributed by atoms with Gasteiger partial charge in [-0.05, 0) is 32.9 Å². The molecule has 2 aromatic heterocycles. The number of nitrogens with zero attached hydrogens (tertiary/aromatic N) is 2. The first-order valence-corrected chi connectivity index (χ1v) is 8.84. The number of aryl methyl sites for hydroxylation is 2. The van der Waals surface area contributed by atoms with Crippen LogP contribution in [0.15, 0.2) is 23.4 Å². The summed E-state index contributed by atoms with van der Waals surface area (Å²) in [4.78, 5) is 9.64. The number of aromatic nitrogens is 2. The minimum Gasteiger partial charge on any atom is -0.376 e. The highest BCUT2D eigenvalue weighted by molar-refractivity contribution is 7.90. The van der Waals surface area contributed by atoms with Gasteiger partial charge in [-0.2, -0.15) is 0 Å². The molecule has 108 valence electrons. The van der Waals surface area contributed by atoms with Crippen LogP contribution in [-0.4, -0.2) is 24.6 Å². The number of sulfone groups is 1. The average molecular weight is 311 g/mol. The summed E-state index contributed by atoms with van der Waals surface area (Å²) in [6.45, 7) is 6.05. The zero-order valence-corrected chi connectivity index (χ0v) is 13.5. The summed E-state index contributed by atoms with van der Waals surface area (Å²) in [5.74, 6) is 0. The number of hydrogen-bond donors (Lipinski definition) is 1. The number of rotatable bonds is 4. The number of thiazole rings is 1. The van der Waals surface area contributed by atoms with Crippen molar-refractivity contribution in [3.8, 4) is 0 Å². The van der Waals surface area contributed by atoms with Gasteiger partial charge < -0.3 is 5.32 Å². The van der Waals surface area contributed by atoms with Crippen molar-refractivity contribution in [1.82, 2.24) is 9.97 Å². The summed E-state index contributed by atoms with van der Waals surface area (Å²) in [7, 11) is -3.25. The second kappa shape index (κ2) is 5.49. The third-order valence-electron chi connectivity index (χ3n) is 2.85. The lowest BCUT2D eigenvalue weighted by Gasteiger charge is -2.14. The highest BCUT2D eigenvalue weighted by Gasteiger charge is 2.14. The van der Waals surface area contributed by atoms with E-state index in [4.69, 9.17) is 0 Å². The van der Waals surface area contributed by atoms with E-state index in [9.17, 15) is 8.42 Å². The van der Waals surface area contributed by atoms with Crippen molar-refractivity contribution in [3.05, 3.63) is 33.9 Å². The van der Waals surface area contributed by atoms with Crippen LogP contribution >= 0.6 is 11.3 Å². The smallest absolute Gasteiger partial charge is 0.192 e. The molecule has 2 rings (SSSR count). The Hall–Kier alpha value is -1.47. The summed E-state index contributed by atoms with van der Waals surface area (Å²) < 4.78 is 22.7. The number of nitrogens with one attached hydrogen (secondary N) is 1. The monoisotopic (exact) mass is 311 g/mol. The lowest BCUT2D eigenvalue weighted by atomic mass is 10.2. The average Bonchev–Trinajstić information content (AvgIpc) is 2.68. The number of anilines is 1. The van der Waals surface area contributed by atoms with Crippen LogP contribution in [-0.2, 0) is 9.84 Å². The molecule has 5 nitrogen and oxygen atoms in total. The van der Waals surface area contributed by atoms with Crippen LogP contribution in [0.1, 0.15) is 28.5 Å². The zero-order valence-electron chi connectivity index (χ0n) is 11.8. The zero-order chi connectivity index (χ0) is 14.9. The predicted octanol–water partition coefficient (Wildman–Crippen LogP) is 2.73. The maximum atomic E-state index is 11.3. The van der Waals surface area contributed by atoms with Gasteiger partial charge in [0.15, 0.2) is 14.9 Å². The molecule has 0 spiro atoms. The molecule has 0 saturated carbocycles. The molecule has 7 heteroatoms. The predicted molar refractivity (Wildman–Crippen MR) is 81.0 cm³/mol. The van der Waals surface area contributed by atoms with Crippen molar-refractivity contribution in [2.24, 2.45) is 0 Å². The van der Waals surface area contributed by atoms with E-state index in [1.807, 2.05) is 20.8 Å². The fourth-order valence-electron chi connectivity index (χ4n) is 1.95. The Morgan fingerprint density at radius 1 is 1.30 bits per heavy atom. The summed E-state index contributed by atoms with van der Waals surface area (Å²) in [5.41, 5.74) is 1.79. The molecule has 1 unspecified atom stereocenters. The van der Waals surface area contributed by atoms with E-state index in [0.29, 0.717) is 0 Å². The molecule has 1 atom stereocenters. The Bertz CT molecular complexity index is 706. The van der Waals surface area contributed by atoms with Gasteiger partial charge >= 0.3 is 0 Å². The Morgan fingerprint density at radius 2 is 2.00 bits per heavy atom. The van der Waals surface area contributed by atoms with Crippen LogP contribution < -0.4 is 5.32 Å². The van der Waals surface area contributed by atoms with Crippen LogP contribution in [0.25, 0.3) is 0 Å². The largest absolute Gasteiger partial charge is 0.376 e. The highest BCUT2D eigenvalue weighted by atomic mass is 32.2. The maximum absolute atomic E-state index is 11.3. The van der Waals surface area contributed by atoms with Gasteiger partial charge in [-0.1, -0.05) is 0 Å². The fourth-order valence-corrected chi connectivity index (χ4v) is 3.42. The third-order valence-corrected chi connectivity index (χ3v) is 4.75. The molecule has 2 aromatic rings. The van der Waals surface area contributed by atoms with Crippen LogP contribution in [0.2, 0.25) is 0 Å². The molecule has 2 heterocycles. The molecule has 0 aliphatic heterocycles. The fraction of sp³-hybridized carbons (Fsp3) is 0.385. The molecular weight excluding hydrogens is 294 g/mol. The van der Waals surface area contributed by atoms with Gasteiger partial charge in [0.1, 0.15) is 0 Å². The summed E-state index contributed by atoms with van der Waals surface area (Å²) in [5, 5.41) is 4.40. The molecule has 20 heavy (non-hydrogen) atoms. The van der Waals surface area contributed by atoms with E-state index in [-0.39, 0.29) is 11.1 Å². The lowest BCUT2D eigenvalue weighted by molar-refractivity contribution is 0.598. The lowest BCUT2D eigenvalue weighted by Crippen LogP contribution is -2.09. The van der Waals surface area contributed by atoms with Gasteiger partial charge in [-0.25, -0.2) is 18.4 Å². The van der Waals surface area contributed by atoms with E-state index in [1.165, 1.54) is 17.1 Å². The van der Waals surface area contributed by atoms with Gasteiger partial charge in [0.05, 0.1) is 28.6 Å². The first-order valence-electron chi connectivity index (χ1n) is 6.14. The first-order chi connectivity index (χ1) is 9.27. The highest BCUT2D eigenvalue weighted by Crippen LogP contribution is 2.25. The van der Waals surface area contributed by atoms with Gasteiger partial charge in [0.25, 0.3) is 0 Å². The van der Waals surface area contributed by atoms with E-state index in [1.54, 1.807) is 17.4 Å². The standard InChI is InChI=1S/C13H17N3O2S2/c1-8(13-9(2)19-10(3)16-13)15-11-5-6-12(14-7-11)20(4,17)18/h5-8,15H,1-4H3. The van der Waals surface area contributed by atoms with Crippen molar-refractivity contribution >= 4 is 26.9 Å². The van der Waals surface area contributed by atoms with Crippen LogP contribution in [0.5, 0.6) is 0 Å². The van der Waals surface area contributed by atoms with Crippen molar-refractivity contribution in [3.63, 3.8) is 0 Å². The molecule has 0 bridgehead atoms. The van der Waals surface area contributed by atoms with Crippen molar-refractivity contribution in [2.75, 3.05) is 11.6 Å². The normalized spacial score (nSPS) is 13.2. The quantitative estimate of drug-likeness (QED) is 0.940. The van der Waals surface area contributed by atoms with Crippen LogP contribution in [0.4, 0.5) is 5.69 Å². The van der Waals surface area contributed by atoms with Gasteiger partial charge in [0, 0.05) is 11.1 Å². The summed E-state index contributed by atoms with van der Waals surface area (Å²) >= 11 is 1.67. The minimum absolute atomic E-state index is 0.0471. The van der Waals surface area contributed by atoms with Crippen LogP contribution in [0, 0.1) is 13.8 Å². The van der Waals surface area contributed by atoms with Crippen molar-refractivity contribution < 1.29 is 8.42 Å². The van der Waals surface area contributed by atoms with Crippen molar-refractivity contribution in [1.29, 1.82) is 0 Å². The molecule has 0 amide bonds. The molecule has 0 radical (unpaired) electrons. The minimum atomic E-state index is -3.25. The van der Waals surface area contributed by atoms with Gasteiger partial charge in [0.2, 0.25) is 0 Å². The molecule has 1 N–H and O–H groups in total. The Kier molecular flexibility index (Phi) is 4.10. The summed E-state index contributed by atoms with van der Waals surface area (Å²) in [6.07, 6.45) is 2.67. The van der Waals surface area contributed by atoms with Gasteiger partial charge in [-0.15, -0.1) is 11.3 Å². The maximum Gasteiger partial charge on any atom is 0.192 e. The second-order valence-corrected chi connectivity index (χ2v) is 8.07. The van der Waals surface area contributed by atoms with E-state index in [2.05, 4.69) is 15.3 Å². The van der Waals surface area contributed by atoms with E-state index < -0.39 is 9.84 Å². The second-order valence-electron chi connectivity index (χ2n) is 4.70. The molecular formula is C13H17N3O2S2.